The molecule has 0 bridgehead atoms. The Morgan fingerprint density at radius 2 is 2.10 bits per heavy atom. The van der Waals surface area contributed by atoms with Gasteiger partial charge in [-0.25, -0.2) is 0 Å². The first-order valence-corrected chi connectivity index (χ1v) is 8.33. The lowest BCUT2D eigenvalue weighted by molar-refractivity contribution is 0.0913. The number of rotatable bonds is 5. The molecule has 1 aromatic rings. The zero-order valence-corrected chi connectivity index (χ0v) is 13.6. The summed E-state index contributed by atoms with van der Waals surface area (Å²) < 4.78 is 0. The van der Waals surface area contributed by atoms with Gasteiger partial charge in [0, 0.05) is 18.6 Å². The molecule has 20 heavy (non-hydrogen) atoms. The zero-order valence-electron chi connectivity index (χ0n) is 12.1. The van der Waals surface area contributed by atoms with Crippen LogP contribution in [-0.4, -0.2) is 24.0 Å². The standard InChI is InChI=1S/C16H24Cl2N2/c1-2-5-13-6-3-4-9-20(13)16(11-19)12-7-8-14(17)15(18)10-12/h7-8,10,13,16H,2-6,9,11,19H2,1H3. The van der Waals surface area contributed by atoms with E-state index in [1.54, 1.807) is 0 Å². The van der Waals surface area contributed by atoms with Gasteiger partial charge in [-0.1, -0.05) is 49.0 Å². The predicted octanol–water partition coefficient (Wildman–Crippen LogP) is 4.65. The van der Waals surface area contributed by atoms with Crippen molar-refractivity contribution in [3.05, 3.63) is 33.8 Å². The third-order valence-corrected chi connectivity index (χ3v) is 4.99. The smallest absolute Gasteiger partial charge is 0.0595 e. The number of hydrogen-bond donors (Lipinski definition) is 1. The molecule has 2 rings (SSSR count). The molecule has 1 aliphatic heterocycles. The Labute approximate surface area is 132 Å². The maximum atomic E-state index is 6.16. The molecule has 2 nitrogen and oxygen atoms in total. The second-order valence-corrected chi connectivity index (χ2v) is 6.42. The fraction of sp³-hybridized carbons (Fsp3) is 0.625. The summed E-state index contributed by atoms with van der Waals surface area (Å²) in [4.78, 5) is 2.58. The van der Waals surface area contributed by atoms with Crippen molar-refractivity contribution in [2.45, 2.75) is 51.1 Å². The van der Waals surface area contributed by atoms with Gasteiger partial charge in [-0.3, -0.25) is 4.90 Å². The van der Waals surface area contributed by atoms with E-state index in [0.717, 1.165) is 6.54 Å². The van der Waals surface area contributed by atoms with Gasteiger partial charge in [0.25, 0.3) is 0 Å². The Balaban J connectivity index is 2.22. The van der Waals surface area contributed by atoms with E-state index >= 15 is 0 Å². The van der Waals surface area contributed by atoms with Crippen LogP contribution < -0.4 is 5.73 Å². The first-order chi connectivity index (χ1) is 9.67. The minimum atomic E-state index is 0.251. The molecule has 2 atom stereocenters. The summed E-state index contributed by atoms with van der Waals surface area (Å²) in [5.74, 6) is 0. The summed E-state index contributed by atoms with van der Waals surface area (Å²) in [6.45, 7) is 4.01. The Kier molecular flexibility index (Phi) is 6.16. The van der Waals surface area contributed by atoms with Crippen LogP contribution in [0.15, 0.2) is 18.2 Å². The number of piperidine rings is 1. The number of hydrogen-bond acceptors (Lipinski definition) is 2. The van der Waals surface area contributed by atoms with Gasteiger partial charge in [-0.05, 0) is 43.5 Å². The first kappa shape index (κ1) is 16.1. The first-order valence-electron chi connectivity index (χ1n) is 7.58. The van der Waals surface area contributed by atoms with Gasteiger partial charge in [0.15, 0.2) is 0 Å². The molecule has 1 saturated heterocycles. The second kappa shape index (κ2) is 7.65. The molecular formula is C16H24Cl2N2. The Morgan fingerprint density at radius 3 is 2.75 bits per heavy atom. The largest absolute Gasteiger partial charge is 0.329 e. The zero-order chi connectivity index (χ0) is 14.5. The van der Waals surface area contributed by atoms with Crippen molar-refractivity contribution in [2.75, 3.05) is 13.1 Å². The summed E-state index contributed by atoms with van der Waals surface area (Å²) in [5.41, 5.74) is 7.25. The van der Waals surface area contributed by atoms with Crippen LogP contribution >= 0.6 is 23.2 Å². The van der Waals surface area contributed by atoms with E-state index in [-0.39, 0.29) is 6.04 Å². The van der Waals surface area contributed by atoms with Crippen molar-refractivity contribution >= 4 is 23.2 Å². The van der Waals surface area contributed by atoms with Crippen LogP contribution in [0.1, 0.15) is 50.6 Å². The number of nitrogens with two attached hydrogens (primary N) is 1. The average molecular weight is 315 g/mol. The van der Waals surface area contributed by atoms with E-state index in [1.807, 2.05) is 12.1 Å². The molecule has 0 amide bonds. The highest BCUT2D eigenvalue weighted by Gasteiger charge is 2.28. The van der Waals surface area contributed by atoms with Crippen LogP contribution in [-0.2, 0) is 0 Å². The van der Waals surface area contributed by atoms with E-state index in [2.05, 4.69) is 17.9 Å². The van der Waals surface area contributed by atoms with Gasteiger partial charge < -0.3 is 5.73 Å². The highest BCUT2D eigenvalue weighted by atomic mass is 35.5. The molecule has 0 saturated carbocycles. The van der Waals surface area contributed by atoms with E-state index in [9.17, 15) is 0 Å². The summed E-state index contributed by atoms with van der Waals surface area (Å²) >= 11 is 12.2. The Bertz CT molecular complexity index is 434. The third-order valence-electron chi connectivity index (χ3n) is 4.25. The van der Waals surface area contributed by atoms with E-state index in [4.69, 9.17) is 28.9 Å². The summed E-state index contributed by atoms with van der Waals surface area (Å²) in [7, 11) is 0. The van der Waals surface area contributed by atoms with Gasteiger partial charge in [0.2, 0.25) is 0 Å². The van der Waals surface area contributed by atoms with Crippen molar-refractivity contribution in [3.63, 3.8) is 0 Å². The molecule has 1 heterocycles. The van der Waals surface area contributed by atoms with Crippen molar-refractivity contribution in [2.24, 2.45) is 5.73 Å². The fourth-order valence-corrected chi connectivity index (χ4v) is 3.57. The lowest BCUT2D eigenvalue weighted by atomic mass is 9.93. The molecule has 4 heteroatoms. The molecular weight excluding hydrogens is 291 g/mol. The molecule has 112 valence electrons. The minimum absolute atomic E-state index is 0.251. The lowest BCUT2D eigenvalue weighted by Crippen LogP contribution is -2.44. The van der Waals surface area contributed by atoms with Crippen LogP contribution in [0.4, 0.5) is 0 Å². The number of nitrogens with zero attached hydrogens (tertiary/aromatic N) is 1. The highest BCUT2D eigenvalue weighted by molar-refractivity contribution is 6.42. The highest BCUT2D eigenvalue weighted by Crippen LogP contribution is 2.32. The average Bonchev–Trinajstić information content (AvgIpc) is 2.45. The number of halogens is 2. The predicted molar refractivity (Wildman–Crippen MR) is 87.5 cm³/mol. The van der Waals surface area contributed by atoms with Gasteiger partial charge in [0.05, 0.1) is 10.0 Å². The molecule has 0 radical (unpaired) electrons. The molecule has 1 aromatic carbocycles. The Hall–Kier alpha value is -0.280. The minimum Gasteiger partial charge on any atom is -0.329 e. The van der Waals surface area contributed by atoms with E-state index < -0.39 is 0 Å². The van der Waals surface area contributed by atoms with Gasteiger partial charge in [-0.2, -0.15) is 0 Å². The maximum Gasteiger partial charge on any atom is 0.0595 e. The van der Waals surface area contributed by atoms with Crippen LogP contribution in [0.5, 0.6) is 0 Å². The van der Waals surface area contributed by atoms with Crippen LogP contribution in [0, 0.1) is 0 Å². The van der Waals surface area contributed by atoms with Gasteiger partial charge in [0.1, 0.15) is 0 Å². The summed E-state index contributed by atoms with van der Waals surface area (Å²) in [6.07, 6.45) is 6.35. The van der Waals surface area contributed by atoms with Crippen LogP contribution in [0.2, 0.25) is 10.0 Å². The second-order valence-electron chi connectivity index (χ2n) is 5.60. The van der Waals surface area contributed by atoms with Crippen molar-refractivity contribution in [1.29, 1.82) is 0 Å². The molecule has 1 fully saturated rings. The quantitative estimate of drug-likeness (QED) is 0.857. The van der Waals surface area contributed by atoms with Crippen LogP contribution in [0.25, 0.3) is 0 Å². The third kappa shape index (κ3) is 3.67. The van der Waals surface area contributed by atoms with Crippen molar-refractivity contribution in [3.8, 4) is 0 Å². The van der Waals surface area contributed by atoms with Gasteiger partial charge in [-0.15, -0.1) is 0 Å². The number of likely N-dealkylation sites (tertiary alicyclic amines) is 1. The summed E-state index contributed by atoms with van der Waals surface area (Å²) in [5, 5.41) is 1.22. The SMILES string of the molecule is CCCC1CCCCN1C(CN)c1ccc(Cl)c(Cl)c1. The molecule has 0 spiro atoms. The maximum absolute atomic E-state index is 6.16. The topological polar surface area (TPSA) is 29.3 Å². The molecule has 2 N–H and O–H groups in total. The van der Waals surface area contributed by atoms with Crippen molar-refractivity contribution < 1.29 is 0 Å². The molecule has 2 unspecified atom stereocenters. The monoisotopic (exact) mass is 314 g/mol. The fourth-order valence-electron chi connectivity index (χ4n) is 3.26. The summed E-state index contributed by atoms with van der Waals surface area (Å²) in [6, 6.07) is 6.81. The molecule has 0 aliphatic carbocycles. The lowest BCUT2D eigenvalue weighted by Gasteiger charge is -2.41. The Morgan fingerprint density at radius 1 is 1.30 bits per heavy atom. The van der Waals surface area contributed by atoms with Crippen LogP contribution in [0.3, 0.4) is 0 Å². The van der Waals surface area contributed by atoms with E-state index in [1.165, 1.54) is 37.7 Å². The van der Waals surface area contributed by atoms with E-state index in [0.29, 0.717) is 22.6 Å². The normalized spacial score (nSPS) is 21.9. The molecule has 1 aliphatic rings. The van der Waals surface area contributed by atoms with Gasteiger partial charge >= 0.3 is 0 Å². The van der Waals surface area contributed by atoms with Crippen molar-refractivity contribution in [1.82, 2.24) is 4.90 Å². The molecule has 0 aromatic heterocycles. The number of benzene rings is 1.